The number of piperazine rings is 1. The third-order valence-electron chi connectivity index (χ3n) is 5.42. The summed E-state index contributed by atoms with van der Waals surface area (Å²) in [6, 6.07) is 13.7. The van der Waals surface area contributed by atoms with Gasteiger partial charge in [-0.05, 0) is 48.7 Å². The Balaban J connectivity index is 1.32. The maximum Gasteiger partial charge on any atom is 0.321 e. The highest BCUT2D eigenvalue weighted by atomic mass is 35.5. The molecule has 1 saturated heterocycles. The molecule has 2 amide bonds. The van der Waals surface area contributed by atoms with Crippen LogP contribution < -0.4 is 10.2 Å². The van der Waals surface area contributed by atoms with Crippen molar-refractivity contribution >= 4 is 40.0 Å². The predicted octanol–water partition coefficient (Wildman–Crippen LogP) is 4.75. The summed E-state index contributed by atoms with van der Waals surface area (Å²) in [7, 11) is 0. The van der Waals surface area contributed by atoms with Crippen LogP contribution in [0.5, 0.6) is 0 Å². The highest BCUT2D eigenvalue weighted by Crippen LogP contribution is 2.22. The number of rotatable bonds is 4. The van der Waals surface area contributed by atoms with Crippen molar-refractivity contribution in [3.05, 3.63) is 70.0 Å². The average Bonchev–Trinajstić information content (AvgIpc) is 3.22. The van der Waals surface area contributed by atoms with Crippen LogP contribution in [0, 0.1) is 13.8 Å². The Morgan fingerprint density at radius 2 is 1.83 bits per heavy atom. The van der Waals surface area contributed by atoms with Gasteiger partial charge in [0.05, 0.1) is 0 Å². The van der Waals surface area contributed by atoms with Crippen LogP contribution in [-0.4, -0.2) is 46.5 Å². The second-order valence-corrected chi connectivity index (χ2v) is 8.61. The number of hydrogen-bond donors (Lipinski definition) is 1. The van der Waals surface area contributed by atoms with E-state index in [1.165, 1.54) is 17.1 Å². The maximum atomic E-state index is 12.7. The van der Waals surface area contributed by atoms with E-state index in [1.807, 2.05) is 61.2 Å². The number of anilines is 2. The fraction of sp³-hybridized carbons (Fsp3) is 0.318. The van der Waals surface area contributed by atoms with E-state index in [4.69, 9.17) is 16.6 Å². The van der Waals surface area contributed by atoms with Gasteiger partial charge in [0.2, 0.25) is 5.13 Å². The van der Waals surface area contributed by atoms with Crippen LogP contribution in [0.1, 0.15) is 22.5 Å². The first-order valence-corrected chi connectivity index (χ1v) is 11.1. The van der Waals surface area contributed by atoms with E-state index in [9.17, 15) is 4.79 Å². The molecule has 0 bridgehead atoms. The predicted molar refractivity (Wildman–Crippen MR) is 123 cm³/mol. The lowest BCUT2D eigenvalue weighted by Gasteiger charge is -2.34. The second kappa shape index (κ2) is 9.02. The Hall–Kier alpha value is -2.64. The standard InChI is InChI=1S/C22H24ClN5OS/c1-15-4-3-5-19(16(15)2)24-21(29)27-10-12-28(13-11-27)22-25-20(26-30-22)14-17-6-8-18(23)9-7-17/h3-9H,10-14H2,1-2H3,(H,24,29). The SMILES string of the molecule is Cc1cccc(NC(=O)N2CCN(c3nc(Cc4ccc(Cl)cc4)ns3)CC2)c1C. The fourth-order valence-corrected chi connectivity index (χ4v) is 4.27. The summed E-state index contributed by atoms with van der Waals surface area (Å²) in [6.07, 6.45) is 0.686. The summed E-state index contributed by atoms with van der Waals surface area (Å²) in [6.45, 7) is 6.88. The lowest BCUT2D eigenvalue weighted by atomic mass is 10.1. The molecule has 0 atom stereocenters. The molecule has 156 valence electrons. The molecule has 2 heterocycles. The Morgan fingerprint density at radius 3 is 2.57 bits per heavy atom. The molecular formula is C22H24ClN5OS. The molecule has 3 aromatic rings. The van der Waals surface area contributed by atoms with Crippen molar-refractivity contribution in [3.63, 3.8) is 0 Å². The molecule has 2 aromatic carbocycles. The number of benzene rings is 2. The fourth-order valence-electron chi connectivity index (χ4n) is 3.41. The third-order valence-corrected chi connectivity index (χ3v) is 6.48. The molecule has 4 rings (SSSR count). The summed E-state index contributed by atoms with van der Waals surface area (Å²) in [5, 5.41) is 4.68. The summed E-state index contributed by atoms with van der Waals surface area (Å²) in [4.78, 5) is 21.4. The minimum absolute atomic E-state index is 0.0518. The molecule has 6 nitrogen and oxygen atoms in total. The van der Waals surface area contributed by atoms with E-state index in [-0.39, 0.29) is 6.03 Å². The highest BCUT2D eigenvalue weighted by molar-refractivity contribution is 7.09. The molecule has 1 fully saturated rings. The van der Waals surface area contributed by atoms with Gasteiger partial charge >= 0.3 is 6.03 Å². The molecule has 0 aliphatic carbocycles. The first kappa shape index (κ1) is 20.6. The summed E-state index contributed by atoms with van der Waals surface area (Å²) in [5.41, 5.74) is 4.28. The zero-order valence-corrected chi connectivity index (χ0v) is 18.6. The van der Waals surface area contributed by atoms with Gasteiger partial charge in [-0.2, -0.15) is 4.37 Å². The van der Waals surface area contributed by atoms with Gasteiger partial charge in [0.15, 0.2) is 0 Å². The number of hydrogen-bond acceptors (Lipinski definition) is 5. The highest BCUT2D eigenvalue weighted by Gasteiger charge is 2.23. The topological polar surface area (TPSA) is 61.4 Å². The summed E-state index contributed by atoms with van der Waals surface area (Å²) in [5.74, 6) is 0.812. The number of urea groups is 1. The number of aryl methyl sites for hydroxylation is 1. The molecule has 0 spiro atoms. The van der Waals surface area contributed by atoms with Gasteiger partial charge in [-0.1, -0.05) is 35.9 Å². The zero-order valence-electron chi connectivity index (χ0n) is 17.1. The van der Waals surface area contributed by atoms with E-state index in [0.717, 1.165) is 45.9 Å². The van der Waals surface area contributed by atoms with Crippen LogP contribution >= 0.6 is 23.1 Å². The molecule has 30 heavy (non-hydrogen) atoms. The molecular weight excluding hydrogens is 418 g/mol. The van der Waals surface area contributed by atoms with Gasteiger partial charge in [0.25, 0.3) is 0 Å². The average molecular weight is 442 g/mol. The van der Waals surface area contributed by atoms with Crippen molar-refractivity contribution in [2.45, 2.75) is 20.3 Å². The molecule has 1 aromatic heterocycles. The molecule has 1 aliphatic rings. The van der Waals surface area contributed by atoms with E-state index < -0.39 is 0 Å². The van der Waals surface area contributed by atoms with Gasteiger partial charge in [0, 0.05) is 54.8 Å². The number of carbonyl (C=O) groups is 1. The van der Waals surface area contributed by atoms with Crippen LogP contribution in [0.3, 0.4) is 0 Å². The minimum atomic E-state index is -0.0518. The second-order valence-electron chi connectivity index (χ2n) is 7.45. The van der Waals surface area contributed by atoms with Crippen molar-refractivity contribution in [1.82, 2.24) is 14.3 Å². The van der Waals surface area contributed by atoms with Crippen LogP contribution in [0.2, 0.25) is 5.02 Å². The molecule has 0 saturated carbocycles. The van der Waals surface area contributed by atoms with Crippen LogP contribution in [0.25, 0.3) is 0 Å². The molecule has 0 radical (unpaired) electrons. The van der Waals surface area contributed by atoms with Gasteiger partial charge in [-0.25, -0.2) is 9.78 Å². The largest absolute Gasteiger partial charge is 0.343 e. The number of carbonyl (C=O) groups excluding carboxylic acids is 1. The molecule has 1 aliphatic heterocycles. The number of nitrogens with zero attached hydrogens (tertiary/aromatic N) is 4. The molecule has 8 heteroatoms. The van der Waals surface area contributed by atoms with E-state index in [2.05, 4.69) is 14.6 Å². The van der Waals surface area contributed by atoms with Crippen molar-refractivity contribution < 1.29 is 4.79 Å². The number of aromatic nitrogens is 2. The Bertz CT molecular complexity index is 1030. The maximum absolute atomic E-state index is 12.7. The summed E-state index contributed by atoms with van der Waals surface area (Å²) >= 11 is 7.36. The normalized spacial score (nSPS) is 14.1. The van der Waals surface area contributed by atoms with Gasteiger partial charge < -0.3 is 15.1 Å². The first-order valence-electron chi connectivity index (χ1n) is 9.94. The zero-order chi connectivity index (χ0) is 21.1. The van der Waals surface area contributed by atoms with Gasteiger partial charge in [-0.3, -0.25) is 0 Å². The Labute approximate surface area is 185 Å². The van der Waals surface area contributed by atoms with Crippen molar-refractivity contribution in [3.8, 4) is 0 Å². The molecule has 1 N–H and O–H groups in total. The Morgan fingerprint density at radius 1 is 1.10 bits per heavy atom. The lowest BCUT2D eigenvalue weighted by Crippen LogP contribution is -2.50. The number of amides is 2. The number of nitrogens with one attached hydrogen (secondary N) is 1. The van der Waals surface area contributed by atoms with Crippen molar-refractivity contribution in [2.75, 3.05) is 36.4 Å². The van der Waals surface area contributed by atoms with Gasteiger partial charge in [-0.15, -0.1) is 0 Å². The molecule has 0 unspecified atom stereocenters. The summed E-state index contributed by atoms with van der Waals surface area (Å²) < 4.78 is 4.50. The van der Waals surface area contributed by atoms with Crippen LogP contribution in [-0.2, 0) is 6.42 Å². The minimum Gasteiger partial charge on any atom is -0.343 e. The third kappa shape index (κ3) is 4.74. The van der Waals surface area contributed by atoms with E-state index >= 15 is 0 Å². The quantitative estimate of drug-likeness (QED) is 0.634. The smallest absolute Gasteiger partial charge is 0.321 e. The van der Waals surface area contributed by atoms with Crippen molar-refractivity contribution in [1.29, 1.82) is 0 Å². The first-order chi connectivity index (χ1) is 14.5. The monoisotopic (exact) mass is 441 g/mol. The van der Waals surface area contributed by atoms with Gasteiger partial charge in [0.1, 0.15) is 5.82 Å². The lowest BCUT2D eigenvalue weighted by molar-refractivity contribution is 0.208. The van der Waals surface area contributed by atoms with Crippen LogP contribution in [0.15, 0.2) is 42.5 Å². The van der Waals surface area contributed by atoms with E-state index in [0.29, 0.717) is 19.5 Å². The number of halogens is 1. The van der Waals surface area contributed by atoms with Crippen molar-refractivity contribution in [2.24, 2.45) is 0 Å². The Kier molecular flexibility index (Phi) is 6.20. The van der Waals surface area contributed by atoms with Crippen LogP contribution in [0.4, 0.5) is 15.6 Å². The van der Waals surface area contributed by atoms with E-state index in [1.54, 1.807) is 0 Å².